The summed E-state index contributed by atoms with van der Waals surface area (Å²) in [4.78, 5) is 27.9. The summed E-state index contributed by atoms with van der Waals surface area (Å²) < 4.78 is 5.47. The molecule has 0 radical (unpaired) electrons. The predicted molar refractivity (Wildman–Crippen MR) is 110 cm³/mol. The Balaban J connectivity index is 1.39. The summed E-state index contributed by atoms with van der Waals surface area (Å²) in [5, 5.41) is 2.92. The zero-order valence-electron chi connectivity index (χ0n) is 16.2. The fraction of sp³-hybridized carbons (Fsp3) is 0.364. The molecule has 0 bridgehead atoms. The van der Waals surface area contributed by atoms with Crippen molar-refractivity contribution in [2.24, 2.45) is 0 Å². The van der Waals surface area contributed by atoms with Gasteiger partial charge >= 0.3 is 0 Å². The maximum Gasteiger partial charge on any atom is 0.257 e. The Hall–Kier alpha value is -2.86. The van der Waals surface area contributed by atoms with E-state index in [1.807, 2.05) is 6.07 Å². The topological polar surface area (TPSA) is 61.9 Å². The van der Waals surface area contributed by atoms with E-state index in [9.17, 15) is 9.59 Å². The van der Waals surface area contributed by atoms with Gasteiger partial charge in [0.2, 0.25) is 0 Å². The number of ether oxygens (including phenoxy) is 1. The molecule has 1 aliphatic heterocycles. The van der Waals surface area contributed by atoms with E-state index in [0.717, 1.165) is 32.5 Å². The molecule has 6 nitrogen and oxygen atoms in total. The largest absolute Gasteiger partial charge is 0.483 e. The molecule has 28 heavy (non-hydrogen) atoms. The van der Waals surface area contributed by atoms with Crippen molar-refractivity contribution in [1.29, 1.82) is 0 Å². The molecule has 0 aromatic heterocycles. The van der Waals surface area contributed by atoms with Gasteiger partial charge < -0.3 is 15.0 Å². The van der Waals surface area contributed by atoms with Crippen LogP contribution in [0, 0.1) is 0 Å². The number of amides is 1. The minimum Gasteiger partial charge on any atom is -0.483 e. The molecule has 0 aliphatic carbocycles. The lowest BCUT2D eigenvalue weighted by Gasteiger charge is -2.39. The third-order valence-electron chi connectivity index (χ3n) is 5.06. The van der Waals surface area contributed by atoms with Crippen molar-refractivity contribution in [2.45, 2.75) is 13.0 Å². The number of rotatable bonds is 8. The Morgan fingerprint density at radius 1 is 1.07 bits per heavy atom. The Bertz CT molecular complexity index is 774. The highest BCUT2D eigenvalue weighted by Gasteiger charge is 2.21. The van der Waals surface area contributed by atoms with Crippen LogP contribution in [-0.2, 0) is 4.79 Å². The summed E-state index contributed by atoms with van der Waals surface area (Å²) in [7, 11) is 0. The van der Waals surface area contributed by atoms with E-state index < -0.39 is 0 Å². The number of benzene rings is 2. The molecular formula is C22H27N3O3. The first-order valence-electron chi connectivity index (χ1n) is 9.65. The van der Waals surface area contributed by atoms with Crippen molar-refractivity contribution < 1.29 is 14.3 Å². The standard InChI is InChI=1S/C22H27N3O3/c1-18(24-11-13-25(14-12-24)20-8-3-2-4-9-20)15-23-22(27)17-28-21-10-6-5-7-19(21)16-26/h2-10,16,18H,11-15,17H2,1H3,(H,23,27). The summed E-state index contributed by atoms with van der Waals surface area (Å²) >= 11 is 0. The first-order valence-corrected chi connectivity index (χ1v) is 9.65. The van der Waals surface area contributed by atoms with E-state index in [4.69, 9.17) is 4.74 Å². The van der Waals surface area contributed by atoms with Crippen LogP contribution >= 0.6 is 0 Å². The van der Waals surface area contributed by atoms with Crippen molar-refractivity contribution in [3.63, 3.8) is 0 Å². The number of hydrogen-bond donors (Lipinski definition) is 1. The number of carbonyl (C=O) groups excluding carboxylic acids is 2. The highest BCUT2D eigenvalue weighted by molar-refractivity contribution is 5.80. The molecule has 1 saturated heterocycles. The second-order valence-corrected chi connectivity index (χ2v) is 6.96. The van der Waals surface area contributed by atoms with E-state index in [1.165, 1.54) is 5.69 Å². The Kier molecular flexibility index (Phi) is 7.03. The van der Waals surface area contributed by atoms with E-state index in [1.54, 1.807) is 24.3 Å². The quantitative estimate of drug-likeness (QED) is 0.711. The number of carbonyl (C=O) groups is 2. The minimum absolute atomic E-state index is 0.0979. The molecule has 6 heteroatoms. The molecule has 1 atom stereocenters. The smallest absolute Gasteiger partial charge is 0.257 e. The molecule has 1 aliphatic rings. The normalized spacial score (nSPS) is 15.7. The Morgan fingerprint density at radius 3 is 2.46 bits per heavy atom. The van der Waals surface area contributed by atoms with Crippen molar-refractivity contribution in [2.75, 3.05) is 44.2 Å². The van der Waals surface area contributed by atoms with Crippen LogP contribution in [0.5, 0.6) is 5.75 Å². The monoisotopic (exact) mass is 381 g/mol. The Labute approximate surface area is 166 Å². The fourth-order valence-electron chi connectivity index (χ4n) is 3.35. The van der Waals surface area contributed by atoms with Gasteiger partial charge in [0, 0.05) is 44.5 Å². The molecule has 2 aromatic carbocycles. The van der Waals surface area contributed by atoms with E-state index in [0.29, 0.717) is 17.9 Å². The summed E-state index contributed by atoms with van der Waals surface area (Å²) in [5.74, 6) is 0.244. The van der Waals surface area contributed by atoms with E-state index in [-0.39, 0.29) is 18.6 Å². The summed E-state index contributed by atoms with van der Waals surface area (Å²) in [6.45, 7) is 6.50. The average Bonchev–Trinajstić information content (AvgIpc) is 2.77. The zero-order chi connectivity index (χ0) is 19.8. The maximum atomic E-state index is 12.1. The lowest BCUT2D eigenvalue weighted by molar-refractivity contribution is -0.123. The number of piperazine rings is 1. The molecule has 2 aromatic rings. The molecular weight excluding hydrogens is 354 g/mol. The fourth-order valence-corrected chi connectivity index (χ4v) is 3.35. The summed E-state index contributed by atoms with van der Waals surface area (Å²) in [6.07, 6.45) is 0.727. The van der Waals surface area contributed by atoms with Gasteiger partial charge in [-0.15, -0.1) is 0 Å². The van der Waals surface area contributed by atoms with Crippen LogP contribution < -0.4 is 15.0 Å². The van der Waals surface area contributed by atoms with Gasteiger partial charge in [-0.2, -0.15) is 0 Å². The molecule has 1 amide bonds. The Morgan fingerprint density at radius 2 is 1.75 bits per heavy atom. The van der Waals surface area contributed by atoms with E-state index >= 15 is 0 Å². The number of nitrogens with zero attached hydrogens (tertiary/aromatic N) is 2. The lowest BCUT2D eigenvalue weighted by atomic mass is 10.2. The number of para-hydroxylation sites is 2. The summed E-state index contributed by atoms with van der Waals surface area (Å²) in [6, 6.07) is 17.6. The van der Waals surface area contributed by atoms with E-state index in [2.05, 4.69) is 46.3 Å². The third-order valence-corrected chi connectivity index (χ3v) is 5.06. The van der Waals surface area contributed by atoms with Gasteiger partial charge in [0.1, 0.15) is 5.75 Å². The van der Waals surface area contributed by atoms with Crippen molar-refractivity contribution in [3.8, 4) is 5.75 Å². The number of hydrogen-bond acceptors (Lipinski definition) is 5. The molecule has 0 saturated carbocycles. The molecule has 148 valence electrons. The molecule has 1 N–H and O–H groups in total. The van der Waals surface area contributed by atoms with Crippen LogP contribution in [0.2, 0.25) is 0 Å². The minimum atomic E-state index is -0.185. The first-order chi connectivity index (χ1) is 13.7. The number of anilines is 1. The molecule has 1 heterocycles. The molecule has 1 unspecified atom stereocenters. The van der Waals surface area contributed by atoms with Crippen molar-refractivity contribution in [3.05, 3.63) is 60.2 Å². The predicted octanol–water partition coefficient (Wildman–Crippen LogP) is 2.20. The van der Waals surface area contributed by atoms with Gasteiger partial charge in [-0.25, -0.2) is 0 Å². The second kappa shape index (κ2) is 9.90. The third kappa shape index (κ3) is 5.33. The molecule has 3 rings (SSSR count). The van der Waals surface area contributed by atoms with Crippen LogP contribution in [0.4, 0.5) is 5.69 Å². The van der Waals surface area contributed by atoms with Gasteiger partial charge in [0.15, 0.2) is 12.9 Å². The van der Waals surface area contributed by atoms with Crippen LogP contribution in [0.25, 0.3) is 0 Å². The first kappa shape index (κ1) is 19.9. The zero-order valence-corrected chi connectivity index (χ0v) is 16.2. The molecule has 1 fully saturated rings. The van der Waals surface area contributed by atoms with Gasteiger partial charge in [-0.1, -0.05) is 30.3 Å². The highest BCUT2D eigenvalue weighted by atomic mass is 16.5. The average molecular weight is 381 g/mol. The number of aldehydes is 1. The van der Waals surface area contributed by atoms with Gasteiger partial charge in [0.05, 0.1) is 5.56 Å². The van der Waals surface area contributed by atoms with Crippen molar-refractivity contribution >= 4 is 17.9 Å². The maximum absolute atomic E-state index is 12.1. The van der Waals surface area contributed by atoms with Crippen LogP contribution in [0.3, 0.4) is 0 Å². The second-order valence-electron chi connectivity index (χ2n) is 6.96. The van der Waals surface area contributed by atoms with Gasteiger partial charge in [-0.3, -0.25) is 14.5 Å². The lowest BCUT2D eigenvalue weighted by Crippen LogP contribution is -2.52. The molecule has 0 spiro atoms. The summed E-state index contributed by atoms with van der Waals surface area (Å²) in [5.41, 5.74) is 1.70. The van der Waals surface area contributed by atoms with Gasteiger partial charge in [-0.05, 0) is 31.2 Å². The highest BCUT2D eigenvalue weighted by Crippen LogP contribution is 2.17. The number of nitrogens with one attached hydrogen (secondary N) is 1. The van der Waals surface area contributed by atoms with Crippen LogP contribution in [-0.4, -0.2) is 62.5 Å². The van der Waals surface area contributed by atoms with Crippen molar-refractivity contribution in [1.82, 2.24) is 10.2 Å². The van der Waals surface area contributed by atoms with Crippen LogP contribution in [0.1, 0.15) is 17.3 Å². The SMILES string of the molecule is CC(CNC(=O)COc1ccccc1C=O)N1CCN(c2ccccc2)CC1. The van der Waals surface area contributed by atoms with Gasteiger partial charge in [0.25, 0.3) is 5.91 Å². The van der Waals surface area contributed by atoms with Crippen LogP contribution in [0.15, 0.2) is 54.6 Å².